The molecule has 27 heavy (non-hydrogen) atoms. The van der Waals surface area contributed by atoms with Crippen LogP contribution in [0.15, 0.2) is 60.8 Å². The van der Waals surface area contributed by atoms with Gasteiger partial charge in [-0.3, -0.25) is 14.6 Å². The maximum absolute atomic E-state index is 12.3. The summed E-state index contributed by atoms with van der Waals surface area (Å²) in [5.74, 6) is -0.127. The van der Waals surface area contributed by atoms with Gasteiger partial charge in [0.05, 0.1) is 11.9 Å². The number of amides is 2. The summed E-state index contributed by atoms with van der Waals surface area (Å²) in [7, 11) is 0. The Kier molecular flexibility index (Phi) is 5.81. The van der Waals surface area contributed by atoms with Crippen LogP contribution in [0, 0.1) is 5.92 Å². The van der Waals surface area contributed by atoms with E-state index < -0.39 is 0 Å². The number of aromatic nitrogens is 1. The van der Waals surface area contributed by atoms with Gasteiger partial charge < -0.3 is 10.6 Å². The van der Waals surface area contributed by atoms with Crippen LogP contribution in [0.2, 0.25) is 0 Å². The molecule has 0 aliphatic heterocycles. The van der Waals surface area contributed by atoms with Gasteiger partial charge in [0, 0.05) is 29.7 Å². The molecule has 3 rings (SSSR count). The molecule has 138 valence electrons. The Labute approximate surface area is 158 Å². The van der Waals surface area contributed by atoms with E-state index >= 15 is 0 Å². The zero-order valence-electron chi connectivity index (χ0n) is 15.5. The number of para-hydroxylation sites is 1. The van der Waals surface area contributed by atoms with Gasteiger partial charge in [-0.2, -0.15) is 0 Å². The van der Waals surface area contributed by atoms with Crippen LogP contribution in [-0.4, -0.2) is 16.8 Å². The second kappa shape index (κ2) is 8.45. The fourth-order valence-electron chi connectivity index (χ4n) is 2.74. The third-order valence-electron chi connectivity index (χ3n) is 4.30. The summed E-state index contributed by atoms with van der Waals surface area (Å²) in [5, 5.41) is 6.82. The molecule has 0 spiro atoms. The van der Waals surface area contributed by atoms with Crippen molar-refractivity contribution < 1.29 is 9.59 Å². The van der Waals surface area contributed by atoms with Gasteiger partial charge in [-0.05, 0) is 29.3 Å². The van der Waals surface area contributed by atoms with Crippen LogP contribution in [0.1, 0.15) is 25.0 Å². The first-order valence-corrected chi connectivity index (χ1v) is 9.02. The number of rotatable bonds is 6. The van der Waals surface area contributed by atoms with Crippen LogP contribution < -0.4 is 10.6 Å². The summed E-state index contributed by atoms with van der Waals surface area (Å²) in [6, 6.07) is 17.2. The van der Waals surface area contributed by atoms with E-state index in [4.69, 9.17) is 0 Å². The number of hydrogen-bond acceptors (Lipinski definition) is 3. The van der Waals surface area contributed by atoms with Crippen LogP contribution >= 0.6 is 0 Å². The van der Waals surface area contributed by atoms with Crippen molar-refractivity contribution in [2.24, 2.45) is 5.92 Å². The first-order valence-electron chi connectivity index (χ1n) is 9.02. The molecule has 0 radical (unpaired) electrons. The highest BCUT2D eigenvalue weighted by Crippen LogP contribution is 2.16. The molecule has 0 atom stereocenters. The number of anilines is 1. The van der Waals surface area contributed by atoms with Crippen molar-refractivity contribution in [1.82, 2.24) is 10.3 Å². The van der Waals surface area contributed by atoms with Crippen molar-refractivity contribution in [3.8, 4) is 0 Å². The zero-order chi connectivity index (χ0) is 19.2. The first-order chi connectivity index (χ1) is 13.0. The summed E-state index contributed by atoms with van der Waals surface area (Å²) in [6.07, 6.45) is 2.03. The number of fused-ring (bicyclic) bond motifs is 1. The number of pyridine rings is 1. The Bertz CT molecular complexity index is 944. The standard InChI is InChI=1S/C22H23N3O2/c1-15(2)22(27)25-19-10-8-16(9-11-19)14-24-20(26)13-18-6-3-5-17-7-4-12-23-21(17)18/h3-12,15H,13-14H2,1-2H3,(H,24,26)(H,25,27). The predicted octanol–water partition coefficient (Wildman–Crippen LogP) is 3.69. The molecule has 0 saturated carbocycles. The van der Waals surface area contributed by atoms with Gasteiger partial charge in [0.25, 0.3) is 0 Å². The monoisotopic (exact) mass is 361 g/mol. The Morgan fingerprint density at radius 1 is 1.00 bits per heavy atom. The maximum atomic E-state index is 12.3. The Balaban J connectivity index is 1.57. The molecule has 1 aromatic heterocycles. The third kappa shape index (κ3) is 4.91. The van der Waals surface area contributed by atoms with Crippen molar-refractivity contribution in [2.45, 2.75) is 26.8 Å². The molecule has 5 nitrogen and oxygen atoms in total. The number of carbonyl (C=O) groups excluding carboxylic acids is 2. The fourth-order valence-corrected chi connectivity index (χ4v) is 2.74. The van der Waals surface area contributed by atoms with Crippen molar-refractivity contribution >= 4 is 28.4 Å². The van der Waals surface area contributed by atoms with Gasteiger partial charge >= 0.3 is 0 Å². The van der Waals surface area contributed by atoms with E-state index in [2.05, 4.69) is 15.6 Å². The lowest BCUT2D eigenvalue weighted by Crippen LogP contribution is -2.24. The van der Waals surface area contributed by atoms with Crippen molar-refractivity contribution in [3.63, 3.8) is 0 Å². The smallest absolute Gasteiger partial charge is 0.226 e. The van der Waals surface area contributed by atoms with Crippen LogP contribution in [0.5, 0.6) is 0 Å². The lowest BCUT2D eigenvalue weighted by molar-refractivity contribution is -0.120. The van der Waals surface area contributed by atoms with Crippen molar-refractivity contribution in [3.05, 3.63) is 71.9 Å². The molecule has 0 fully saturated rings. The summed E-state index contributed by atoms with van der Waals surface area (Å²) >= 11 is 0. The Hall–Kier alpha value is -3.21. The molecule has 0 aliphatic rings. The largest absolute Gasteiger partial charge is 0.352 e. The van der Waals surface area contributed by atoms with Gasteiger partial charge in [-0.25, -0.2) is 0 Å². The molecule has 2 aromatic carbocycles. The minimum atomic E-state index is -0.0625. The molecule has 0 aliphatic carbocycles. The van der Waals surface area contributed by atoms with Gasteiger partial charge in [-0.1, -0.05) is 50.2 Å². The molecule has 3 aromatic rings. The molecule has 0 saturated heterocycles. The van der Waals surface area contributed by atoms with Crippen LogP contribution in [-0.2, 0) is 22.6 Å². The molecule has 2 N–H and O–H groups in total. The summed E-state index contributed by atoms with van der Waals surface area (Å²) in [5.41, 5.74) is 3.50. The minimum Gasteiger partial charge on any atom is -0.352 e. The van der Waals surface area contributed by atoms with Gasteiger partial charge in [0.2, 0.25) is 11.8 Å². The Morgan fingerprint density at radius 2 is 1.74 bits per heavy atom. The highest BCUT2D eigenvalue weighted by atomic mass is 16.2. The van der Waals surface area contributed by atoms with E-state index in [0.29, 0.717) is 6.54 Å². The molecule has 1 heterocycles. The lowest BCUT2D eigenvalue weighted by atomic mass is 10.1. The lowest BCUT2D eigenvalue weighted by Gasteiger charge is -2.10. The van der Waals surface area contributed by atoms with E-state index in [1.807, 2.05) is 68.4 Å². The van der Waals surface area contributed by atoms with Crippen LogP contribution in [0.3, 0.4) is 0 Å². The molecular weight excluding hydrogens is 338 g/mol. The summed E-state index contributed by atoms with van der Waals surface area (Å²) in [6.45, 7) is 4.14. The molecular formula is C22H23N3O2. The average Bonchev–Trinajstić information content (AvgIpc) is 2.67. The second-order valence-electron chi connectivity index (χ2n) is 6.79. The van der Waals surface area contributed by atoms with E-state index in [1.54, 1.807) is 6.20 Å². The topological polar surface area (TPSA) is 71.1 Å². The number of carbonyl (C=O) groups is 2. The fraction of sp³-hybridized carbons (Fsp3) is 0.227. The number of hydrogen-bond donors (Lipinski definition) is 2. The van der Waals surface area contributed by atoms with E-state index in [9.17, 15) is 9.59 Å². The van der Waals surface area contributed by atoms with E-state index in [-0.39, 0.29) is 24.2 Å². The van der Waals surface area contributed by atoms with Gasteiger partial charge in [-0.15, -0.1) is 0 Å². The number of nitrogens with zero attached hydrogens (tertiary/aromatic N) is 1. The first kappa shape index (κ1) is 18.6. The highest BCUT2D eigenvalue weighted by Gasteiger charge is 2.09. The van der Waals surface area contributed by atoms with E-state index in [1.165, 1.54) is 0 Å². The molecule has 2 amide bonds. The quantitative estimate of drug-likeness (QED) is 0.703. The predicted molar refractivity (Wildman–Crippen MR) is 107 cm³/mol. The Morgan fingerprint density at radius 3 is 2.48 bits per heavy atom. The second-order valence-corrected chi connectivity index (χ2v) is 6.79. The maximum Gasteiger partial charge on any atom is 0.226 e. The summed E-state index contributed by atoms with van der Waals surface area (Å²) < 4.78 is 0. The number of nitrogens with one attached hydrogen (secondary N) is 2. The van der Waals surface area contributed by atoms with Crippen molar-refractivity contribution in [1.29, 1.82) is 0 Å². The average molecular weight is 361 g/mol. The van der Waals surface area contributed by atoms with Crippen LogP contribution in [0.25, 0.3) is 10.9 Å². The third-order valence-corrected chi connectivity index (χ3v) is 4.30. The molecule has 0 bridgehead atoms. The minimum absolute atomic E-state index is 0.0141. The molecule has 5 heteroatoms. The SMILES string of the molecule is CC(C)C(=O)Nc1ccc(CNC(=O)Cc2cccc3cccnc23)cc1. The van der Waals surface area contributed by atoms with Gasteiger partial charge in [0.15, 0.2) is 0 Å². The van der Waals surface area contributed by atoms with Crippen LogP contribution in [0.4, 0.5) is 5.69 Å². The van der Waals surface area contributed by atoms with Gasteiger partial charge in [0.1, 0.15) is 0 Å². The normalized spacial score (nSPS) is 10.8. The summed E-state index contributed by atoms with van der Waals surface area (Å²) in [4.78, 5) is 28.4. The molecule has 0 unspecified atom stereocenters. The van der Waals surface area contributed by atoms with Crippen molar-refractivity contribution in [2.75, 3.05) is 5.32 Å². The zero-order valence-corrected chi connectivity index (χ0v) is 15.5. The highest BCUT2D eigenvalue weighted by molar-refractivity contribution is 5.92. The van der Waals surface area contributed by atoms with E-state index in [0.717, 1.165) is 27.7 Å². The number of benzene rings is 2.